The Bertz CT molecular complexity index is 9010. The number of nitrogens with zero attached hydrogens (tertiary/aromatic N) is 6. The molecule has 0 bridgehead atoms. The van der Waals surface area contributed by atoms with Crippen LogP contribution in [0, 0.1) is 0 Å². The van der Waals surface area contributed by atoms with Crippen LogP contribution in [0.5, 0.6) is 0 Å². The summed E-state index contributed by atoms with van der Waals surface area (Å²) in [6.45, 7) is 0. The van der Waals surface area contributed by atoms with E-state index in [2.05, 4.69) is 611 Å². The maximum atomic E-state index is 2.44. The first-order chi connectivity index (χ1) is 71.5. The molecule has 0 spiro atoms. The van der Waals surface area contributed by atoms with E-state index in [1.54, 1.807) is 0 Å². The fraction of sp³-hybridized carbons (Fsp3) is 0. The number of hydrogen-bond donors (Lipinski definition) is 0. The zero-order valence-corrected chi connectivity index (χ0v) is 79.1. The van der Waals surface area contributed by atoms with Crippen LogP contribution in [0.3, 0.4) is 0 Å². The molecule has 0 fully saturated rings. The minimum Gasteiger partial charge on any atom is -0.310 e. The Morgan fingerprint density at radius 1 is 0.125 bits per heavy atom. The van der Waals surface area contributed by atoms with Gasteiger partial charge in [-0.2, -0.15) is 0 Å². The van der Waals surface area contributed by atoms with Gasteiger partial charge in [0.25, 0.3) is 0 Å². The van der Waals surface area contributed by atoms with Gasteiger partial charge in [0.05, 0.1) is 38.8 Å². The van der Waals surface area contributed by atoms with E-state index in [0.717, 1.165) is 62.6 Å². The van der Waals surface area contributed by atoms with E-state index in [0.29, 0.717) is 0 Å². The average Bonchev–Trinajstić information content (AvgIpc) is 1.61. The van der Waals surface area contributed by atoms with Gasteiger partial charge in [-0.25, -0.2) is 0 Å². The van der Waals surface area contributed by atoms with E-state index < -0.39 is 0 Å². The first-order valence-electron chi connectivity index (χ1n) is 49.3. The Morgan fingerprint density at radius 3 is 0.701 bits per heavy atom. The molecular formula is C138H96N6. The van der Waals surface area contributed by atoms with E-state index >= 15 is 0 Å². The Kier molecular flexibility index (Phi) is 23.0. The van der Waals surface area contributed by atoms with Crippen LogP contribution in [0.25, 0.3) is 182 Å². The van der Waals surface area contributed by atoms with Gasteiger partial charge in [-0.05, 0) is 241 Å². The predicted molar refractivity (Wildman–Crippen MR) is 612 cm³/mol. The van der Waals surface area contributed by atoms with Gasteiger partial charge in [0.15, 0.2) is 0 Å². The van der Waals surface area contributed by atoms with Gasteiger partial charge in [0.2, 0.25) is 0 Å². The number of rotatable bonds is 18. The normalized spacial score (nSPS) is 11.3. The van der Waals surface area contributed by atoms with Crippen LogP contribution < -0.4 is 14.7 Å². The zero-order valence-electron chi connectivity index (χ0n) is 79.1. The minimum absolute atomic E-state index is 1.11. The van der Waals surface area contributed by atoms with Crippen molar-refractivity contribution in [2.24, 2.45) is 0 Å². The summed E-state index contributed by atoms with van der Waals surface area (Å²) in [6, 6.07) is 210. The monoisotopic (exact) mass is 1840 g/mol. The Hall–Kier alpha value is -19.1. The van der Waals surface area contributed by atoms with Crippen molar-refractivity contribution in [3.05, 3.63) is 582 Å². The molecule has 27 rings (SSSR count). The lowest BCUT2D eigenvalue weighted by molar-refractivity contribution is 1.18. The molecule has 0 N–H and O–H groups in total. The van der Waals surface area contributed by atoms with Crippen LogP contribution in [0.2, 0.25) is 0 Å². The molecule has 3 aromatic heterocycles. The highest BCUT2D eigenvalue weighted by atomic mass is 15.2. The van der Waals surface area contributed by atoms with Gasteiger partial charge in [-0.1, -0.05) is 425 Å². The van der Waals surface area contributed by atoms with Gasteiger partial charge in [-0.3, -0.25) is 0 Å². The predicted octanol–water partition coefficient (Wildman–Crippen LogP) is 38.2. The highest BCUT2D eigenvalue weighted by Crippen LogP contribution is 2.49. The molecule has 0 aliphatic rings. The van der Waals surface area contributed by atoms with Gasteiger partial charge in [0.1, 0.15) is 0 Å². The lowest BCUT2D eigenvalue weighted by Crippen LogP contribution is -2.11. The third-order valence-electron chi connectivity index (χ3n) is 28.1. The minimum atomic E-state index is 1.11. The Morgan fingerprint density at radius 2 is 0.361 bits per heavy atom. The number of para-hydroxylation sites is 6. The molecule has 0 atom stereocenters. The fourth-order valence-electron chi connectivity index (χ4n) is 21.3. The Labute approximate surface area is 837 Å². The SMILES string of the molecule is c1ccc(-c2ccc(N(c3ccc(-c4ccccc4)cc3)c3ccc4c(ccc5c6ccccc6n(-c6ccccc6)c45)c3)cc2)cc1.c1ccc(-c2ccc(N(c3ccc(-c4ccccc4)cc3)c3ccc4ccc5c6ccccc6n(-c6ccccc6)c5c4c3)cc2)cc1.c1ccc(-c2ccc(N(c3ccc(-c4ccccc4)cc3)c3cccc4ccc5c6ccccc6n(-c6ccccc6)c5c34)cc2)cc1. The summed E-state index contributed by atoms with van der Waals surface area (Å²) in [6.07, 6.45) is 0. The van der Waals surface area contributed by atoms with E-state index in [9.17, 15) is 0 Å². The highest BCUT2D eigenvalue weighted by Gasteiger charge is 2.26. The molecular weight excluding hydrogens is 1740 g/mol. The maximum Gasteiger partial charge on any atom is 0.0640 e. The van der Waals surface area contributed by atoms with Crippen LogP contribution in [0.4, 0.5) is 51.2 Å². The summed E-state index contributed by atoms with van der Waals surface area (Å²) in [4.78, 5) is 7.15. The molecule has 3 heterocycles. The van der Waals surface area contributed by atoms with Crippen LogP contribution in [0.15, 0.2) is 582 Å². The van der Waals surface area contributed by atoms with Crippen molar-refractivity contribution in [1.82, 2.24) is 13.7 Å². The van der Waals surface area contributed by atoms with Crippen molar-refractivity contribution in [1.29, 1.82) is 0 Å². The maximum absolute atomic E-state index is 2.44. The van der Waals surface area contributed by atoms with Gasteiger partial charge in [-0.15, -0.1) is 0 Å². The van der Waals surface area contributed by atoms with Crippen LogP contribution in [-0.2, 0) is 0 Å². The summed E-state index contributed by atoms with van der Waals surface area (Å²) in [5.74, 6) is 0. The number of hydrogen-bond acceptors (Lipinski definition) is 3. The molecule has 6 nitrogen and oxygen atoms in total. The van der Waals surface area contributed by atoms with E-state index in [1.807, 2.05) is 0 Å². The highest BCUT2D eigenvalue weighted by molar-refractivity contribution is 6.24. The third-order valence-corrected chi connectivity index (χ3v) is 28.1. The number of fused-ring (bicyclic) bond motifs is 15. The quantitative estimate of drug-likeness (QED) is 0.0856. The lowest BCUT2D eigenvalue weighted by atomic mass is 10.0. The summed E-state index contributed by atoms with van der Waals surface area (Å²) < 4.78 is 7.27. The van der Waals surface area contributed by atoms with Gasteiger partial charge in [0, 0.05) is 111 Å². The summed E-state index contributed by atoms with van der Waals surface area (Å²) in [5.41, 5.74) is 35.3. The second-order valence-corrected chi connectivity index (χ2v) is 36.6. The second kappa shape index (κ2) is 38.3. The number of aromatic nitrogens is 3. The molecule has 0 amide bonds. The summed E-state index contributed by atoms with van der Waals surface area (Å²) in [5, 5.41) is 14.8. The topological polar surface area (TPSA) is 24.5 Å². The molecule has 6 heteroatoms. The van der Waals surface area contributed by atoms with Crippen LogP contribution in [-0.4, -0.2) is 13.7 Å². The molecule has 0 saturated carbocycles. The first-order valence-corrected chi connectivity index (χ1v) is 49.3. The third kappa shape index (κ3) is 16.5. The Balaban J connectivity index is 0.000000113. The van der Waals surface area contributed by atoms with Crippen molar-refractivity contribution in [3.63, 3.8) is 0 Å². The molecule has 0 aliphatic heterocycles. The molecule has 0 aliphatic carbocycles. The molecule has 24 aromatic carbocycles. The molecule has 0 radical (unpaired) electrons. The lowest BCUT2D eigenvalue weighted by Gasteiger charge is -2.28. The summed E-state index contributed by atoms with van der Waals surface area (Å²) >= 11 is 0. The van der Waals surface area contributed by atoms with E-state index in [-0.39, 0.29) is 0 Å². The zero-order chi connectivity index (χ0) is 95.6. The molecule has 27 aromatic rings. The molecule has 678 valence electrons. The van der Waals surface area contributed by atoms with Crippen molar-refractivity contribution in [3.8, 4) is 83.8 Å². The first kappa shape index (κ1) is 86.4. The standard InChI is InChI=1S/3C46H32N2/c1-4-13-33(14-5-1)35-23-28-39(29-24-35)47(40-30-25-36(26-31-40)34-15-6-2-7-16-34)44-22-12-17-37-27-32-42-41-20-10-11-21-43(41)48(46(42)45(37)44)38-18-8-3-9-19-38;1-4-12-33(13-5-1)35-20-26-39(27-21-35)47(40-28-22-36(23-29-40)34-14-6-2-7-15-34)41-30-24-37-25-31-43-42-18-10-11-19-45(42)48(46(43)44(37)32-41)38-16-8-3-9-17-38;1-4-12-33(13-5-1)35-20-25-39(26-21-35)47(40-27-22-36(23-28-40)34-14-6-2-7-15-34)41-29-31-42-37(32-41)24-30-44-43-18-10-11-19-45(43)48(46(42)44)38-16-8-3-9-17-38/h3*1-32H. The van der Waals surface area contributed by atoms with Gasteiger partial charge < -0.3 is 28.4 Å². The van der Waals surface area contributed by atoms with Crippen molar-refractivity contribution in [2.75, 3.05) is 14.7 Å². The van der Waals surface area contributed by atoms with Crippen molar-refractivity contribution < 1.29 is 0 Å². The van der Waals surface area contributed by atoms with Crippen molar-refractivity contribution in [2.45, 2.75) is 0 Å². The largest absolute Gasteiger partial charge is 0.310 e. The van der Waals surface area contributed by atoms with Crippen molar-refractivity contribution >= 4 is 149 Å². The van der Waals surface area contributed by atoms with Crippen LogP contribution >= 0.6 is 0 Å². The van der Waals surface area contributed by atoms with E-state index in [4.69, 9.17) is 0 Å². The number of anilines is 9. The molecule has 0 unspecified atom stereocenters. The average molecular weight is 1840 g/mol. The molecule has 0 saturated heterocycles. The summed E-state index contributed by atoms with van der Waals surface area (Å²) in [7, 11) is 0. The fourth-order valence-corrected chi connectivity index (χ4v) is 21.3. The molecule has 144 heavy (non-hydrogen) atoms. The van der Waals surface area contributed by atoms with Gasteiger partial charge >= 0.3 is 0 Å². The second-order valence-electron chi connectivity index (χ2n) is 36.6. The van der Waals surface area contributed by atoms with E-state index in [1.165, 1.54) is 170 Å². The van der Waals surface area contributed by atoms with Crippen LogP contribution in [0.1, 0.15) is 0 Å². The number of benzene rings is 24. The smallest absolute Gasteiger partial charge is 0.0640 e.